The van der Waals surface area contributed by atoms with Gasteiger partial charge in [0.1, 0.15) is 31.1 Å². The number of aliphatic hydroxyl groups excluding tert-OH is 2. The number of hydrogen-bond acceptors (Lipinski definition) is 8. The van der Waals surface area contributed by atoms with Crippen LogP contribution in [0, 0.1) is 0 Å². The van der Waals surface area contributed by atoms with E-state index in [0.717, 1.165) is 6.20 Å². The number of aromatic amines is 1. The Hall–Kier alpha value is -2.04. The first kappa shape index (κ1) is 14.4. The molecule has 0 radical (unpaired) electrons. The predicted molar refractivity (Wildman–Crippen MR) is 61.7 cm³/mol. The number of nitrogens with zero attached hydrogens (tertiary/aromatic N) is 2. The van der Waals surface area contributed by atoms with Crippen LogP contribution < -0.4 is 11.2 Å². The van der Waals surface area contributed by atoms with Crippen LogP contribution in [0.4, 0.5) is 0 Å². The van der Waals surface area contributed by atoms with Crippen molar-refractivity contribution in [2.45, 2.75) is 31.5 Å². The van der Waals surface area contributed by atoms with Gasteiger partial charge in [0, 0.05) is 6.92 Å². The highest BCUT2D eigenvalue weighted by Crippen LogP contribution is 2.27. The molecule has 2 rings (SSSR count). The van der Waals surface area contributed by atoms with Gasteiger partial charge >= 0.3 is 11.7 Å². The third-order valence-electron chi connectivity index (χ3n) is 2.77. The molecule has 1 aliphatic heterocycles. The van der Waals surface area contributed by atoms with Crippen LogP contribution in [-0.4, -0.2) is 55.9 Å². The predicted octanol–water partition coefficient (Wildman–Crippen LogP) is -2.89. The highest BCUT2D eigenvalue weighted by Gasteiger charge is 2.45. The van der Waals surface area contributed by atoms with Gasteiger partial charge in [-0.3, -0.25) is 14.6 Å². The van der Waals surface area contributed by atoms with E-state index in [1.165, 1.54) is 6.92 Å². The van der Waals surface area contributed by atoms with Crippen LogP contribution in [0.2, 0.25) is 0 Å². The van der Waals surface area contributed by atoms with Crippen molar-refractivity contribution in [2.24, 2.45) is 0 Å². The van der Waals surface area contributed by atoms with Gasteiger partial charge in [-0.1, -0.05) is 0 Å². The second-order valence-electron chi connectivity index (χ2n) is 4.23. The van der Waals surface area contributed by atoms with Crippen LogP contribution in [0.15, 0.2) is 15.8 Å². The molecule has 1 aliphatic rings. The number of aromatic nitrogens is 3. The maximum atomic E-state index is 11.5. The van der Waals surface area contributed by atoms with Gasteiger partial charge in [0.05, 0.1) is 0 Å². The Morgan fingerprint density at radius 2 is 2.20 bits per heavy atom. The Bertz CT molecular complexity index is 609. The van der Waals surface area contributed by atoms with Gasteiger partial charge in [0.25, 0.3) is 5.56 Å². The van der Waals surface area contributed by atoms with E-state index in [1.807, 2.05) is 4.98 Å². The van der Waals surface area contributed by atoms with Crippen molar-refractivity contribution >= 4 is 5.97 Å². The van der Waals surface area contributed by atoms with E-state index in [1.54, 1.807) is 0 Å². The van der Waals surface area contributed by atoms with Gasteiger partial charge in [-0.05, 0) is 0 Å². The topological polar surface area (TPSA) is 144 Å². The monoisotopic (exact) mass is 287 g/mol. The maximum Gasteiger partial charge on any atom is 0.347 e. The van der Waals surface area contributed by atoms with E-state index >= 15 is 0 Å². The van der Waals surface area contributed by atoms with E-state index < -0.39 is 41.8 Å². The minimum absolute atomic E-state index is 0.276. The van der Waals surface area contributed by atoms with Crippen molar-refractivity contribution in [3.63, 3.8) is 0 Å². The summed E-state index contributed by atoms with van der Waals surface area (Å²) in [4.78, 5) is 35.1. The Morgan fingerprint density at radius 3 is 2.80 bits per heavy atom. The molecule has 2 heterocycles. The van der Waals surface area contributed by atoms with E-state index in [2.05, 4.69) is 9.84 Å². The molecule has 10 nitrogen and oxygen atoms in total. The summed E-state index contributed by atoms with van der Waals surface area (Å²) in [5, 5.41) is 23.1. The number of carbonyl (C=O) groups excluding carboxylic acids is 1. The first-order valence-corrected chi connectivity index (χ1v) is 5.73. The molecule has 3 N–H and O–H groups in total. The Balaban J connectivity index is 2.19. The lowest BCUT2D eigenvalue weighted by Crippen LogP contribution is -2.39. The zero-order chi connectivity index (χ0) is 14.9. The molecule has 0 aromatic carbocycles. The van der Waals surface area contributed by atoms with Crippen LogP contribution in [0.3, 0.4) is 0 Å². The molecule has 0 bridgehead atoms. The zero-order valence-corrected chi connectivity index (χ0v) is 10.4. The first-order chi connectivity index (χ1) is 9.40. The van der Waals surface area contributed by atoms with Gasteiger partial charge in [-0.25, -0.2) is 4.79 Å². The number of hydrogen-bond donors (Lipinski definition) is 3. The van der Waals surface area contributed by atoms with Crippen molar-refractivity contribution in [1.29, 1.82) is 0 Å². The highest BCUT2D eigenvalue weighted by molar-refractivity contribution is 5.65. The molecular formula is C10H13N3O7. The Labute approximate surface area is 111 Å². The van der Waals surface area contributed by atoms with Gasteiger partial charge in [-0.2, -0.15) is 9.78 Å². The molecule has 20 heavy (non-hydrogen) atoms. The van der Waals surface area contributed by atoms with Crippen LogP contribution in [-0.2, 0) is 14.3 Å². The molecule has 0 amide bonds. The highest BCUT2D eigenvalue weighted by atomic mass is 16.6. The summed E-state index contributed by atoms with van der Waals surface area (Å²) in [6, 6.07) is 0. The van der Waals surface area contributed by atoms with Crippen LogP contribution in [0.5, 0.6) is 0 Å². The second kappa shape index (κ2) is 5.53. The summed E-state index contributed by atoms with van der Waals surface area (Å²) in [7, 11) is 0. The van der Waals surface area contributed by atoms with Gasteiger partial charge in [0.15, 0.2) is 6.23 Å². The number of rotatable bonds is 3. The van der Waals surface area contributed by atoms with E-state index in [4.69, 9.17) is 4.74 Å². The van der Waals surface area contributed by atoms with Crippen molar-refractivity contribution in [3.05, 3.63) is 27.0 Å². The summed E-state index contributed by atoms with van der Waals surface area (Å²) < 4.78 is 10.6. The molecule has 10 heteroatoms. The number of nitrogens with one attached hydrogen (secondary N) is 1. The Morgan fingerprint density at radius 1 is 1.50 bits per heavy atom. The van der Waals surface area contributed by atoms with Crippen molar-refractivity contribution < 1.29 is 24.5 Å². The van der Waals surface area contributed by atoms with Crippen molar-refractivity contribution in [2.75, 3.05) is 6.61 Å². The molecule has 1 saturated heterocycles. The minimum atomic E-state index is -1.45. The fraction of sp³-hybridized carbons (Fsp3) is 0.600. The van der Waals surface area contributed by atoms with Crippen molar-refractivity contribution in [1.82, 2.24) is 14.8 Å². The molecule has 0 saturated carbocycles. The molecule has 0 spiro atoms. The largest absolute Gasteiger partial charge is 0.463 e. The standard InChI is InChI=1S/C10H13N3O7/c1-4(14)19-3-5-7(16)8(17)9(20-5)13-10(18)12-6(15)2-11-13/h2,5,7-9,16-17H,3H2,1H3,(H,12,15,18)/t5-,7+,8+,9-/m1/s1. The Kier molecular flexibility index (Phi) is 3.97. The summed E-state index contributed by atoms with van der Waals surface area (Å²) in [5.41, 5.74) is -1.59. The van der Waals surface area contributed by atoms with Crippen molar-refractivity contribution in [3.8, 4) is 0 Å². The molecule has 110 valence electrons. The van der Waals surface area contributed by atoms with Gasteiger partial charge in [-0.15, -0.1) is 0 Å². The third-order valence-corrected chi connectivity index (χ3v) is 2.77. The summed E-state index contributed by atoms with van der Waals surface area (Å²) in [6.45, 7) is 0.908. The third kappa shape index (κ3) is 2.76. The summed E-state index contributed by atoms with van der Waals surface area (Å²) >= 11 is 0. The van der Waals surface area contributed by atoms with E-state index in [-0.39, 0.29) is 6.61 Å². The minimum Gasteiger partial charge on any atom is -0.463 e. The lowest BCUT2D eigenvalue weighted by Gasteiger charge is -2.15. The molecular weight excluding hydrogens is 274 g/mol. The van der Waals surface area contributed by atoms with Crippen LogP contribution in [0.1, 0.15) is 13.2 Å². The molecule has 0 unspecified atom stereocenters. The normalized spacial score (nSPS) is 29.4. The molecule has 1 aromatic rings. The average Bonchev–Trinajstić information content (AvgIpc) is 2.64. The number of H-pyrrole nitrogens is 1. The molecule has 1 aromatic heterocycles. The first-order valence-electron chi connectivity index (χ1n) is 5.73. The lowest BCUT2D eigenvalue weighted by molar-refractivity contribution is -0.147. The lowest BCUT2D eigenvalue weighted by atomic mass is 10.1. The number of ether oxygens (including phenoxy) is 2. The van der Waals surface area contributed by atoms with E-state index in [0.29, 0.717) is 4.68 Å². The van der Waals surface area contributed by atoms with Gasteiger partial charge < -0.3 is 19.7 Å². The smallest absolute Gasteiger partial charge is 0.347 e. The van der Waals surface area contributed by atoms with Crippen LogP contribution >= 0.6 is 0 Å². The number of carbonyl (C=O) groups is 1. The molecule has 1 fully saturated rings. The maximum absolute atomic E-state index is 11.5. The van der Waals surface area contributed by atoms with E-state index in [9.17, 15) is 24.6 Å². The summed E-state index contributed by atoms with van der Waals surface area (Å²) in [5.74, 6) is -0.571. The average molecular weight is 287 g/mol. The quantitative estimate of drug-likeness (QED) is 0.503. The van der Waals surface area contributed by atoms with Crippen LogP contribution in [0.25, 0.3) is 0 Å². The zero-order valence-electron chi connectivity index (χ0n) is 10.4. The fourth-order valence-corrected chi connectivity index (χ4v) is 1.81. The molecule has 0 aliphatic carbocycles. The number of esters is 1. The number of aliphatic hydroxyl groups is 2. The molecule has 4 atom stereocenters. The summed E-state index contributed by atoms with van der Waals surface area (Å²) in [6.07, 6.45) is -4.26. The second-order valence-corrected chi connectivity index (χ2v) is 4.23. The SMILES string of the molecule is CC(=O)OC[C@H]1O[C@@H](n2ncc(=O)[nH]c2=O)[C@@H](O)[C@H]1O. The van der Waals surface area contributed by atoms with Gasteiger partial charge in [0.2, 0.25) is 0 Å². The fourth-order valence-electron chi connectivity index (χ4n) is 1.81.